The maximum atomic E-state index is 13.3. The van der Waals surface area contributed by atoms with Crippen molar-refractivity contribution in [2.75, 3.05) is 11.4 Å². The summed E-state index contributed by atoms with van der Waals surface area (Å²) in [6.45, 7) is -1.89. The molecule has 0 heterocycles. The third kappa shape index (κ3) is 9.62. The Kier molecular flexibility index (Phi) is 9.84. The van der Waals surface area contributed by atoms with Gasteiger partial charge >= 0.3 is 25.1 Å². The van der Waals surface area contributed by atoms with Crippen LogP contribution in [0.4, 0.5) is 49.6 Å². The van der Waals surface area contributed by atoms with Crippen LogP contribution in [0.1, 0.15) is 11.1 Å². The molecule has 0 aromatic heterocycles. The number of aliphatic hydroxyl groups excluding tert-OH is 1. The molecule has 0 aliphatic rings. The standard InChI is InChI=1S/C26H21F10NO4/c27-23(28)25(32,33)40-20-9-3-5-16(11-20)13-37(14-22(38)24(29,30)31)18-7-4-8-19(12-18)39-15-17-6-1-2-10-21(17)41-26(34,35)36/h1-12,22-23,38H,13-15H2. The quantitative estimate of drug-likeness (QED) is 0.221. The van der Waals surface area contributed by atoms with E-state index in [4.69, 9.17) is 4.74 Å². The molecule has 0 fully saturated rings. The van der Waals surface area contributed by atoms with Crippen LogP contribution in [0.2, 0.25) is 0 Å². The number of benzene rings is 3. The third-order valence-electron chi connectivity index (χ3n) is 5.33. The molecule has 0 radical (unpaired) electrons. The fourth-order valence-corrected chi connectivity index (χ4v) is 3.48. The van der Waals surface area contributed by atoms with Crippen LogP contribution < -0.4 is 19.1 Å². The van der Waals surface area contributed by atoms with Crippen LogP contribution in [0.25, 0.3) is 0 Å². The van der Waals surface area contributed by atoms with Crippen molar-refractivity contribution in [3.05, 3.63) is 83.9 Å². The molecule has 224 valence electrons. The zero-order chi connectivity index (χ0) is 30.4. The number of halogens is 10. The lowest BCUT2D eigenvalue weighted by molar-refractivity contribution is -0.275. The van der Waals surface area contributed by atoms with Crippen molar-refractivity contribution in [3.63, 3.8) is 0 Å². The molecule has 0 spiro atoms. The minimum absolute atomic E-state index is 0.0111. The van der Waals surface area contributed by atoms with E-state index in [1.54, 1.807) is 0 Å². The van der Waals surface area contributed by atoms with Crippen molar-refractivity contribution in [2.45, 2.75) is 44.3 Å². The molecule has 0 saturated heterocycles. The van der Waals surface area contributed by atoms with E-state index in [1.807, 2.05) is 0 Å². The smallest absolute Gasteiger partial charge is 0.489 e. The monoisotopic (exact) mass is 601 g/mol. The van der Waals surface area contributed by atoms with Crippen LogP contribution in [-0.4, -0.2) is 42.8 Å². The van der Waals surface area contributed by atoms with Crippen LogP contribution in [0.3, 0.4) is 0 Å². The Labute approximate surface area is 226 Å². The van der Waals surface area contributed by atoms with Gasteiger partial charge in [0.15, 0.2) is 6.10 Å². The Morgan fingerprint density at radius 1 is 0.756 bits per heavy atom. The zero-order valence-corrected chi connectivity index (χ0v) is 20.6. The molecule has 3 aromatic rings. The molecule has 41 heavy (non-hydrogen) atoms. The van der Waals surface area contributed by atoms with E-state index in [2.05, 4.69) is 9.47 Å². The van der Waals surface area contributed by atoms with E-state index in [0.717, 1.165) is 29.2 Å². The first-order valence-corrected chi connectivity index (χ1v) is 11.5. The summed E-state index contributed by atoms with van der Waals surface area (Å²) < 4.78 is 143. The second kappa shape index (κ2) is 12.7. The number of ether oxygens (including phenoxy) is 3. The number of hydrogen-bond donors (Lipinski definition) is 1. The topological polar surface area (TPSA) is 51.2 Å². The summed E-state index contributed by atoms with van der Waals surface area (Å²) in [6, 6.07) is 14.8. The van der Waals surface area contributed by atoms with Gasteiger partial charge in [0.05, 0.1) is 6.54 Å². The van der Waals surface area contributed by atoms with Crippen molar-refractivity contribution in [2.24, 2.45) is 0 Å². The van der Waals surface area contributed by atoms with Gasteiger partial charge in [-0.05, 0) is 35.9 Å². The summed E-state index contributed by atoms with van der Waals surface area (Å²) in [4.78, 5) is 1.01. The highest BCUT2D eigenvalue weighted by molar-refractivity contribution is 5.52. The molecule has 0 bridgehead atoms. The number of rotatable bonds is 12. The van der Waals surface area contributed by atoms with Crippen molar-refractivity contribution < 1.29 is 63.2 Å². The second-order valence-electron chi connectivity index (χ2n) is 8.49. The van der Waals surface area contributed by atoms with Gasteiger partial charge in [-0.2, -0.15) is 30.7 Å². The highest BCUT2D eigenvalue weighted by atomic mass is 19.4. The van der Waals surface area contributed by atoms with Crippen LogP contribution in [-0.2, 0) is 13.2 Å². The van der Waals surface area contributed by atoms with E-state index in [9.17, 15) is 49.0 Å². The van der Waals surface area contributed by atoms with Gasteiger partial charge in [-0.1, -0.05) is 36.4 Å². The van der Waals surface area contributed by atoms with Crippen LogP contribution in [0.15, 0.2) is 72.8 Å². The van der Waals surface area contributed by atoms with Gasteiger partial charge in [0.2, 0.25) is 0 Å². The molecule has 3 rings (SSSR count). The number of anilines is 1. The van der Waals surface area contributed by atoms with Crippen molar-refractivity contribution >= 4 is 5.69 Å². The van der Waals surface area contributed by atoms with E-state index in [1.165, 1.54) is 48.5 Å². The van der Waals surface area contributed by atoms with Crippen LogP contribution in [0, 0.1) is 0 Å². The Balaban J connectivity index is 1.84. The molecule has 3 aromatic carbocycles. The van der Waals surface area contributed by atoms with Gasteiger partial charge in [-0.25, -0.2) is 0 Å². The SMILES string of the molecule is OC(CN(Cc1cccc(OC(F)(F)C(F)F)c1)c1cccc(OCc2ccccc2OC(F)(F)F)c1)C(F)(F)F. The maximum Gasteiger partial charge on any atom is 0.573 e. The second-order valence-corrected chi connectivity index (χ2v) is 8.49. The lowest BCUT2D eigenvalue weighted by atomic mass is 10.1. The largest absolute Gasteiger partial charge is 0.573 e. The molecule has 1 N–H and O–H groups in total. The fourth-order valence-electron chi connectivity index (χ4n) is 3.48. The normalized spacial score (nSPS) is 13.2. The van der Waals surface area contributed by atoms with E-state index in [-0.39, 0.29) is 22.6 Å². The number of alkyl halides is 10. The third-order valence-corrected chi connectivity index (χ3v) is 5.33. The lowest BCUT2D eigenvalue weighted by Gasteiger charge is -2.29. The van der Waals surface area contributed by atoms with Crippen LogP contribution in [0.5, 0.6) is 17.2 Å². The number of nitrogens with zero attached hydrogens (tertiary/aromatic N) is 1. The zero-order valence-electron chi connectivity index (χ0n) is 20.6. The predicted molar refractivity (Wildman–Crippen MR) is 125 cm³/mol. The van der Waals surface area contributed by atoms with Gasteiger partial charge in [-0.3, -0.25) is 0 Å². The first kappa shape index (κ1) is 31.6. The molecular weight excluding hydrogens is 580 g/mol. The number of aliphatic hydroxyl groups is 1. The average Bonchev–Trinajstić information content (AvgIpc) is 2.86. The first-order chi connectivity index (χ1) is 19.0. The highest BCUT2D eigenvalue weighted by Crippen LogP contribution is 2.31. The molecule has 0 aliphatic heterocycles. The molecule has 1 unspecified atom stereocenters. The number of hydrogen-bond acceptors (Lipinski definition) is 5. The van der Waals surface area contributed by atoms with Gasteiger partial charge in [0.1, 0.15) is 23.9 Å². The Bertz CT molecular complexity index is 1280. The molecular formula is C26H21F10NO4. The number of para-hydroxylation sites is 1. The average molecular weight is 601 g/mol. The molecule has 0 amide bonds. The summed E-state index contributed by atoms with van der Waals surface area (Å²) in [5, 5.41) is 9.70. The van der Waals surface area contributed by atoms with Crippen LogP contribution >= 0.6 is 0 Å². The summed E-state index contributed by atoms with van der Waals surface area (Å²) in [5.74, 6) is -1.18. The van der Waals surface area contributed by atoms with Gasteiger partial charge in [0.25, 0.3) is 0 Å². The highest BCUT2D eigenvalue weighted by Gasteiger charge is 2.44. The molecule has 15 heteroatoms. The molecule has 1 atom stereocenters. The lowest BCUT2D eigenvalue weighted by Crippen LogP contribution is -2.40. The minimum Gasteiger partial charge on any atom is -0.489 e. The Morgan fingerprint density at radius 3 is 2.07 bits per heavy atom. The summed E-state index contributed by atoms with van der Waals surface area (Å²) in [7, 11) is 0. The van der Waals surface area contributed by atoms with Gasteiger partial charge < -0.3 is 24.2 Å². The van der Waals surface area contributed by atoms with Gasteiger partial charge in [-0.15, -0.1) is 13.2 Å². The summed E-state index contributed by atoms with van der Waals surface area (Å²) in [6.07, 6.45) is -21.8. The first-order valence-electron chi connectivity index (χ1n) is 11.5. The fraction of sp³-hybridized carbons (Fsp3) is 0.308. The summed E-state index contributed by atoms with van der Waals surface area (Å²) >= 11 is 0. The molecule has 5 nitrogen and oxygen atoms in total. The minimum atomic E-state index is -5.03. The predicted octanol–water partition coefficient (Wildman–Crippen LogP) is 7.33. The Hall–Kier alpha value is -3.88. The van der Waals surface area contributed by atoms with E-state index >= 15 is 0 Å². The van der Waals surface area contributed by atoms with Crippen molar-refractivity contribution in [1.82, 2.24) is 0 Å². The van der Waals surface area contributed by atoms with E-state index in [0.29, 0.717) is 0 Å². The van der Waals surface area contributed by atoms with Crippen molar-refractivity contribution in [1.29, 1.82) is 0 Å². The van der Waals surface area contributed by atoms with Crippen molar-refractivity contribution in [3.8, 4) is 17.2 Å². The van der Waals surface area contributed by atoms with E-state index < -0.39 is 62.4 Å². The Morgan fingerprint density at radius 2 is 1.41 bits per heavy atom. The molecule has 0 aliphatic carbocycles. The summed E-state index contributed by atoms with van der Waals surface area (Å²) in [5.41, 5.74) is 0.110. The maximum absolute atomic E-state index is 13.3. The molecule has 0 saturated carbocycles. The van der Waals surface area contributed by atoms with Gasteiger partial charge in [0, 0.05) is 23.9 Å².